The second kappa shape index (κ2) is 6.59. The van der Waals surface area contributed by atoms with Crippen molar-refractivity contribution in [3.05, 3.63) is 42.0 Å². The topological polar surface area (TPSA) is 72.0 Å². The maximum absolute atomic E-state index is 12.4. The number of rotatable bonds is 6. The summed E-state index contributed by atoms with van der Waals surface area (Å²) in [5.74, 6) is 0.707. The van der Waals surface area contributed by atoms with Gasteiger partial charge in [0.25, 0.3) is 10.0 Å². The second-order valence-electron chi connectivity index (χ2n) is 4.35. The molecule has 0 atom stereocenters. The van der Waals surface area contributed by atoms with Crippen LogP contribution in [0.1, 0.15) is 11.1 Å². The van der Waals surface area contributed by atoms with Crippen LogP contribution in [0.5, 0.6) is 0 Å². The van der Waals surface area contributed by atoms with Crippen LogP contribution in [-0.4, -0.2) is 24.4 Å². The number of nitrogens with zero attached hydrogens (tertiary/aromatic N) is 2. The van der Waals surface area contributed by atoms with E-state index in [0.717, 1.165) is 5.56 Å². The highest BCUT2D eigenvalue weighted by atomic mass is 32.2. The Bertz CT molecular complexity index is 754. The van der Waals surface area contributed by atoms with Gasteiger partial charge in [0.05, 0.1) is 4.90 Å². The molecule has 21 heavy (non-hydrogen) atoms. The summed E-state index contributed by atoms with van der Waals surface area (Å²) in [6, 6.07) is 5.31. The molecule has 0 bridgehead atoms. The molecule has 1 heterocycles. The summed E-state index contributed by atoms with van der Waals surface area (Å²) in [6.07, 6.45) is 1.76. The van der Waals surface area contributed by atoms with Crippen LogP contribution in [0.3, 0.4) is 0 Å². The van der Waals surface area contributed by atoms with E-state index in [1.54, 1.807) is 25.1 Å². The molecule has 0 amide bonds. The smallest absolute Gasteiger partial charge is 0.253 e. The third-order valence-electron chi connectivity index (χ3n) is 2.59. The van der Waals surface area contributed by atoms with Gasteiger partial charge in [0.1, 0.15) is 0 Å². The molecule has 1 N–H and O–H groups in total. The monoisotopic (exact) mass is 341 g/mol. The maximum Gasteiger partial charge on any atom is 0.263 e. The Morgan fingerprint density at radius 1 is 1.38 bits per heavy atom. The van der Waals surface area contributed by atoms with Crippen LogP contribution in [0, 0.1) is 13.8 Å². The van der Waals surface area contributed by atoms with Crippen LogP contribution in [0.25, 0.3) is 0 Å². The van der Waals surface area contributed by atoms with Gasteiger partial charge in [0.2, 0.25) is 5.13 Å². The van der Waals surface area contributed by atoms with E-state index in [4.69, 9.17) is 0 Å². The molecule has 2 aromatic rings. The molecule has 8 heteroatoms. The lowest BCUT2D eigenvalue weighted by atomic mass is 10.2. The van der Waals surface area contributed by atoms with Crippen LogP contribution in [-0.2, 0) is 10.0 Å². The van der Waals surface area contributed by atoms with Crippen LogP contribution >= 0.6 is 23.1 Å². The lowest BCUT2D eigenvalue weighted by Crippen LogP contribution is -2.14. The molecule has 112 valence electrons. The SMILES string of the molecule is C=CCSc1nnc(NS(=O)(=O)c2cc(C)ccc2C)s1. The first-order valence-electron chi connectivity index (χ1n) is 6.09. The quantitative estimate of drug-likeness (QED) is 0.645. The second-order valence-corrected chi connectivity index (χ2v) is 8.24. The summed E-state index contributed by atoms with van der Waals surface area (Å²) in [5.41, 5.74) is 1.58. The van der Waals surface area contributed by atoms with Gasteiger partial charge >= 0.3 is 0 Å². The van der Waals surface area contributed by atoms with Gasteiger partial charge in [0.15, 0.2) is 4.34 Å². The van der Waals surface area contributed by atoms with Crippen LogP contribution in [0.2, 0.25) is 0 Å². The fourth-order valence-electron chi connectivity index (χ4n) is 1.61. The van der Waals surface area contributed by atoms with Gasteiger partial charge in [0, 0.05) is 5.75 Å². The zero-order chi connectivity index (χ0) is 15.5. The predicted octanol–water partition coefficient (Wildman–Crippen LogP) is 3.23. The number of hydrogen-bond acceptors (Lipinski definition) is 6. The highest BCUT2D eigenvalue weighted by Gasteiger charge is 2.19. The Hall–Kier alpha value is -1.38. The largest absolute Gasteiger partial charge is 0.263 e. The Kier molecular flexibility index (Phi) is 5.02. The molecule has 1 aromatic carbocycles. The van der Waals surface area contributed by atoms with E-state index >= 15 is 0 Å². The van der Waals surface area contributed by atoms with Crippen molar-refractivity contribution < 1.29 is 8.42 Å². The van der Waals surface area contributed by atoms with E-state index in [-0.39, 0.29) is 10.0 Å². The number of aryl methyl sites for hydroxylation is 2. The summed E-state index contributed by atoms with van der Waals surface area (Å²) >= 11 is 2.67. The molecule has 0 aliphatic rings. The lowest BCUT2D eigenvalue weighted by molar-refractivity contribution is 0.600. The van der Waals surface area contributed by atoms with Crippen molar-refractivity contribution in [2.45, 2.75) is 23.1 Å². The molecule has 5 nitrogen and oxygen atoms in total. The molecule has 0 saturated heterocycles. The molecule has 2 rings (SSSR count). The third-order valence-corrected chi connectivity index (χ3v) is 6.16. The van der Waals surface area contributed by atoms with Crippen molar-refractivity contribution in [2.24, 2.45) is 0 Å². The molecule has 1 aromatic heterocycles. The Labute approximate surface area is 132 Å². The van der Waals surface area contributed by atoms with Gasteiger partial charge in [-0.15, -0.1) is 16.8 Å². The summed E-state index contributed by atoms with van der Waals surface area (Å²) < 4.78 is 28.0. The molecule has 0 aliphatic carbocycles. The minimum atomic E-state index is -3.65. The first-order chi connectivity index (χ1) is 9.92. The Balaban J connectivity index is 2.23. The standard InChI is InChI=1S/C13H15N3O2S3/c1-4-7-19-13-15-14-12(20-13)16-21(17,18)11-8-9(2)5-6-10(11)3/h4-6,8H,1,7H2,2-3H3,(H,14,16). The highest BCUT2D eigenvalue weighted by Crippen LogP contribution is 2.27. The van der Waals surface area contributed by atoms with Crippen molar-refractivity contribution in [1.29, 1.82) is 0 Å². The predicted molar refractivity (Wildman–Crippen MR) is 87.6 cm³/mol. The third kappa shape index (κ3) is 4.05. The van der Waals surface area contributed by atoms with E-state index < -0.39 is 10.0 Å². The number of hydrogen-bond donors (Lipinski definition) is 1. The molecular weight excluding hydrogens is 326 g/mol. The summed E-state index contributed by atoms with van der Waals surface area (Å²) in [4.78, 5) is 0.262. The molecule has 0 aliphatic heterocycles. The van der Waals surface area contributed by atoms with Gasteiger partial charge < -0.3 is 0 Å². The summed E-state index contributed by atoms with van der Waals surface area (Å²) in [7, 11) is -3.65. The number of benzene rings is 1. The number of aromatic nitrogens is 2. The molecule has 0 fully saturated rings. The van der Waals surface area contributed by atoms with E-state index in [9.17, 15) is 8.42 Å². The van der Waals surface area contributed by atoms with Crippen molar-refractivity contribution in [3.8, 4) is 0 Å². The Morgan fingerprint density at radius 3 is 2.86 bits per heavy atom. The fraction of sp³-hybridized carbons (Fsp3) is 0.231. The van der Waals surface area contributed by atoms with E-state index in [1.165, 1.54) is 23.1 Å². The van der Waals surface area contributed by atoms with Crippen LogP contribution < -0.4 is 4.72 Å². The molecular formula is C13H15N3O2S3. The first kappa shape index (κ1) is 16.0. The fourth-order valence-corrected chi connectivity index (χ4v) is 4.68. The minimum absolute atomic E-state index is 0.262. The van der Waals surface area contributed by atoms with Gasteiger partial charge in [-0.05, 0) is 31.0 Å². The lowest BCUT2D eigenvalue weighted by Gasteiger charge is -2.08. The highest BCUT2D eigenvalue weighted by molar-refractivity contribution is 8.01. The number of nitrogens with one attached hydrogen (secondary N) is 1. The molecule has 0 radical (unpaired) electrons. The Morgan fingerprint density at radius 2 is 2.14 bits per heavy atom. The average Bonchev–Trinajstić information content (AvgIpc) is 2.86. The number of anilines is 1. The van der Waals surface area contributed by atoms with Crippen molar-refractivity contribution in [3.63, 3.8) is 0 Å². The normalized spacial score (nSPS) is 11.3. The molecule has 0 saturated carbocycles. The van der Waals surface area contributed by atoms with Gasteiger partial charge in [-0.2, -0.15) is 0 Å². The summed E-state index contributed by atoms with van der Waals surface area (Å²) in [5, 5.41) is 8.05. The van der Waals surface area contributed by atoms with Crippen molar-refractivity contribution in [1.82, 2.24) is 10.2 Å². The molecule has 0 unspecified atom stereocenters. The van der Waals surface area contributed by atoms with Crippen molar-refractivity contribution in [2.75, 3.05) is 10.5 Å². The zero-order valence-electron chi connectivity index (χ0n) is 11.7. The van der Waals surface area contributed by atoms with E-state index in [2.05, 4.69) is 21.5 Å². The van der Waals surface area contributed by atoms with Crippen molar-refractivity contribution >= 4 is 38.3 Å². The first-order valence-corrected chi connectivity index (χ1v) is 9.38. The van der Waals surface area contributed by atoms with Gasteiger partial charge in [-0.25, -0.2) is 8.42 Å². The number of thioether (sulfide) groups is 1. The zero-order valence-corrected chi connectivity index (χ0v) is 14.1. The van der Waals surface area contributed by atoms with Crippen LogP contribution in [0.4, 0.5) is 5.13 Å². The average molecular weight is 341 g/mol. The van der Waals surface area contributed by atoms with E-state index in [0.29, 0.717) is 15.7 Å². The van der Waals surface area contributed by atoms with Gasteiger partial charge in [-0.3, -0.25) is 4.72 Å². The molecule has 0 spiro atoms. The maximum atomic E-state index is 12.4. The minimum Gasteiger partial charge on any atom is -0.253 e. The van der Waals surface area contributed by atoms with Crippen LogP contribution in [0.15, 0.2) is 40.1 Å². The summed E-state index contributed by atoms with van der Waals surface area (Å²) in [6.45, 7) is 7.24. The number of sulfonamides is 1. The van der Waals surface area contributed by atoms with Gasteiger partial charge in [-0.1, -0.05) is 41.3 Å². The van der Waals surface area contributed by atoms with E-state index in [1.807, 2.05) is 13.0 Å².